The Labute approximate surface area is 184 Å². The minimum absolute atomic E-state index is 0.341. The van der Waals surface area contributed by atoms with Crippen molar-refractivity contribution in [3.05, 3.63) is 0 Å². The highest BCUT2D eigenvalue weighted by atomic mass is 28.4. The Kier molecular flexibility index (Phi) is 17.1. The van der Waals surface area contributed by atoms with E-state index in [4.69, 9.17) is 18.0 Å². The predicted molar refractivity (Wildman–Crippen MR) is 122 cm³/mol. The van der Waals surface area contributed by atoms with Gasteiger partial charge in [0.2, 0.25) is 0 Å². The number of hydrogen-bond donors (Lipinski definition) is 4. The molecule has 1 rings (SSSR count). The molecule has 10 heteroatoms. The minimum atomic E-state index is -2.60. The summed E-state index contributed by atoms with van der Waals surface area (Å²) in [7, 11) is -2.60. The van der Waals surface area contributed by atoms with Crippen molar-refractivity contribution >= 4 is 8.80 Å². The number of nitrogens with one attached hydrogen (secondary N) is 3. The lowest BCUT2D eigenvalue weighted by molar-refractivity contribution is 0.0148. The lowest BCUT2D eigenvalue weighted by Crippen LogP contribution is -2.46. The van der Waals surface area contributed by atoms with Gasteiger partial charge in [0, 0.05) is 91.4 Å². The van der Waals surface area contributed by atoms with E-state index in [2.05, 4.69) is 20.9 Å². The second-order valence-corrected chi connectivity index (χ2v) is 10.1. The van der Waals surface area contributed by atoms with E-state index in [1.54, 1.807) is 0 Å². The number of hydrogen-bond acceptors (Lipinski definition) is 9. The van der Waals surface area contributed by atoms with E-state index in [1.807, 2.05) is 20.8 Å². The molecule has 0 bridgehead atoms. The number of ether oxygens (including phenoxy) is 1. The number of aliphatic hydroxyl groups is 1. The summed E-state index contributed by atoms with van der Waals surface area (Å²) in [6, 6.07) is 0.733. The zero-order valence-corrected chi connectivity index (χ0v) is 20.4. The molecule has 0 aliphatic carbocycles. The van der Waals surface area contributed by atoms with Crippen LogP contribution in [-0.4, -0.2) is 117 Å². The average molecular weight is 451 g/mol. The summed E-state index contributed by atoms with van der Waals surface area (Å²) in [6.45, 7) is 16.8. The predicted octanol–water partition coefficient (Wildman–Crippen LogP) is -0.113. The zero-order chi connectivity index (χ0) is 21.9. The van der Waals surface area contributed by atoms with Gasteiger partial charge in [-0.3, -0.25) is 4.90 Å². The lowest BCUT2D eigenvalue weighted by atomic mass is 10.3. The van der Waals surface area contributed by atoms with E-state index in [-0.39, 0.29) is 0 Å². The van der Waals surface area contributed by atoms with Crippen LogP contribution < -0.4 is 16.0 Å². The van der Waals surface area contributed by atoms with Crippen LogP contribution in [0.15, 0.2) is 0 Å². The molecular weight excluding hydrogens is 404 g/mol. The molecule has 1 fully saturated rings. The first-order valence-corrected chi connectivity index (χ1v) is 13.6. The first kappa shape index (κ1) is 27.9. The number of β-amino-alcohol motifs (C(OH)–C–C–N with tert-alkyl or cyclic N) is 1. The minimum Gasteiger partial charge on any atom is -0.389 e. The van der Waals surface area contributed by atoms with Crippen LogP contribution in [0, 0.1) is 0 Å². The second-order valence-electron chi connectivity index (χ2n) is 7.36. The molecule has 9 nitrogen and oxygen atoms in total. The van der Waals surface area contributed by atoms with Crippen molar-refractivity contribution in [1.29, 1.82) is 0 Å². The van der Waals surface area contributed by atoms with Crippen molar-refractivity contribution in [3.63, 3.8) is 0 Å². The molecule has 1 saturated heterocycles. The maximum Gasteiger partial charge on any atom is 0.501 e. The second kappa shape index (κ2) is 18.4. The third kappa shape index (κ3) is 13.3. The molecule has 0 aromatic carbocycles. The molecule has 0 aromatic heterocycles. The van der Waals surface area contributed by atoms with Crippen LogP contribution in [0.5, 0.6) is 0 Å². The highest BCUT2D eigenvalue weighted by Gasteiger charge is 2.39. The standard InChI is InChI=1S/C20H46N4O5Si/c1-4-27-30(28-5-2,29-6-3)17-7-16-26-19-20(25)18-24-14-12-22-10-8-21-9-11-23-13-15-24/h20-23,25H,4-19H2,1-3H3. The molecule has 0 saturated carbocycles. The fourth-order valence-corrected chi connectivity index (χ4v) is 6.04. The Hall–Kier alpha value is -0.143. The van der Waals surface area contributed by atoms with Crippen LogP contribution in [0.25, 0.3) is 0 Å². The molecule has 1 atom stereocenters. The summed E-state index contributed by atoms with van der Waals surface area (Å²) in [5, 5.41) is 20.7. The van der Waals surface area contributed by atoms with Gasteiger partial charge < -0.3 is 39.1 Å². The van der Waals surface area contributed by atoms with Gasteiger partial charge in [-0.15, -0.1) is 0 Å². The molecule has 1 aliphatic heterocycles. The summed E-state index contributed by atoms with van der Waals surface area (Å²) >= 11 is 0. The molecule has 0 aromatic rings. The van der Waals surface area contributed by atoms with E-state index in [0.29, 0.717) is 39.6 Å². The summed E-state index contributed by atoms with van der Waals surface area (Å²) in [5.41, 5.74) is 0. The van der Waals surface area contributed by atoms with E-state index in [1.165, 1.54) is 0 Å². The molecule has 30 heavy (non-hydrogen) atoms. The number of aliphatic hydroxyl groups excluding tert-OH is 1. The summed E-state index contributed by atoms with van der Waals surface area (Å²) < 4.78 is 23.3. The van der Waals surface area contributed by atoms with Crippen molar-refractivity contribution in [2.45, 2.75) is 39.3 Å². The first-order valence-electron chi connectivity index (χ1n) is 11.7. The topological polar surface area (TPSA) is 96.5 Å². The largest absolute Gasteiger partial charge is 0.501 e. The maximum atomic E-state index is 10.4. The van der Waals surface area contributed by atoms with Crippen molar-refractivity contribution in [2.24, 2.45) is 0 Å². The van der Waals surface area contributed by atoms with E-state index in [9.17, 15) is 5.11 Å². The number of rotatable bonds is 14. The quantitative estimate of drug-likeness (QED) is 0.213. The normalized spacial score (nSPS) is 19.2. The van der Waals surface area contributed by atoms with Gasteiger partial charge in [0.15, 0.2) is 0 Å². The van der Waals surface area contributed by atoms with E-state index < -0.39 is 14.9 Å². The molecule has 0 radical (unpaired) electrons. The van der Waals surface area contributed by atoms with Crippen LogP contribution in [-0.2, 0) is 18.0 Å². The Balaban J connectivity index is 2.28. The van der Waals surface area contributed by atoms with Gasteiger partial charge in [0.05, 0.1) is 12.7 Å². The third-order valence-electron chi connectivity index (χ3n) is 4.81. The highest BCUT2D eigenvalue weighted by Crippen LogP contribution is 2.18. The highest BCUT2D eigenvalue weighted by molar-refractivity contribution is 6.60. The van der Waals surface area contributed by atoms with Gasteiger partial charge >= 0.3 is 8.80 Å². The lowest BCUT2D eigenvalue weighted by Gasteiger charge is -2.28. The summed E-state index contributed by atoms with van der Waals surface area (Å²) in [4.78, 5) is 2.29. The average Bonchev–Trinajstić information content (AvgIpc) is 2.70. The molecule has 1 unspecified atom stereocenters. The van der Waals surface area contributed by atoms with E-state index >= 15 is 0 Å². The van der Waals surface area contributed by atoms with Crippen molar-refractivity contribution in [2.75, 3.05) is 91.9 Å². The molecule has 1 aliphatic rings. The van der Waals surface area contributed by atoms with Crippen molar-refractivity contribution in [3.8, 4) is 0 Å². The SMILES string of the molecule is CCO[Si](CCCOCC(O)CN1CCNCCNCCNCC1)(OCC)OCC. The van der Waals surface area contributed by atoms with Crippen LogP contribution in [0.3, 0.4) is 0 Å². The Morgan fingerprint density at radius 3 is 1.83 bits per heavy atom. The first-order chi connectivity index (χ1) is 14.7. The Bertz CT molecular complexity index is 369. The fourth-order valence-electron chi connectivity index (χ4n) is 3.46. The molecule has 1 heterocycles. The van der Waals surface area contributed by atoms with Crippen molar-refractivity contribution in [1.82, 2.24) is 20.9 Å². The Morgan fingerprint density at radius 2 is 1.33 bits per heavy atom. The molecule has 0 spiro atoms. The van der Waals surface area contributed by atoms with Gasteiger partial charge in [0.25, 0.3) is 0 Å². The van der Waals surface area contributed by atoms with Crippen molar-refractivity contribution < 1.29 is 23.1 Å². The van der Waals surface area contributed by atoms with Gasteiger partial charge in [-0.05, 0) is 27.2 Å². The zero-order valence-electron chi connectivity index (χ0n) is 19.4. The van der Waals surface area contributed by atoms with Crippen LogP contribution >= 0.6 is 0 Å². The maximum absolute atomic E-state index is 10.4. The monoisotopic (exact) mass is 450 g/mol. The molecule has 180 valence electrons. The smallest absolute Gasteiger partial charge is 0.389 e. The number of nitrogens with zero attached hydrogens (tertiary/aromatic N) is 1. The van der Waals surface area contributed by atoms with Crippen LogP contribution in [0.1, 0.15) is 27.2 Å². The van der Waals surface area contributed by atoms with Crippen LogP contribution in [0.4, 0.5) is 0 Å². The summed E-state index contributed by atoms with van der Waals surface area (Å²) in [5.74, 6) is 0. The van der Waals surface area contributed by atoms with Crippen LogP contribution in [0.2, 0.25) is 6.04 Å². The molecule has 0 amide bonds. The Morgan fingerprint density at radius 1 is 0.833 bits per heavy atom. The van der Waals surface area contributed by atoms with Gasteiger partial charge in [-0.2, -0.15) is 0 Å². The van der Waals surface area contributed by atoms with Gasteiger partial charge in [-0.25, -0.2) is 0 Å². The van der Waals surface area contributed by atoms with Gasteiger partial charge in [0.1, 0.15) is 0 Å². The molecular formula is C20H46N4O5Si. The van der Waals surface area contributed by atoms with Gasteiger partial charge in [-0.1, -0.05) is 0 Å². The fraction of sp³-hybridized carbons (Fsp3) is 1.00. The third-order valence-corrected chi connectivity index (χ3v) is 7.96. The summed E-state index contributed by atoms with van der Waals surface area (Å²) in [6.07, 6.45) is 0.303. The van der Waals surface area contributed by atoms with E-state index in [0.717, 1.165) is 64.8 Å². The molecule has 4 N–H and O–H groups in total.